The van der Waals surface area contributed by atoms with Crippen molar-refractivity contribution in [3.8, 4) is 0 Å². The van der Waals surface area contributed by atoms with Crippen LogP contribution in [0.4, 0.5) is 0 Å². The normalized spacial score (nSPS) is 13.2. The molecule has 2 N–H and O–H groups in total. The van der Waals surface area contributed by atoms with Gasteiger partial charge in [-0.15, -0.1) is 0 Å². The average molecular weight is 383 g/mol. The summed E-state index contributed by atoms with van der Waals surface area (Å²) in [6.45, 7) is 0.549. The Bertz CT molecular complexity index is 682. The van der Waals surface area contributed by atoms with Gasteiger partial charge >= 0.3 is 0 Å². The van der Waals surface area contributed by atoms with Crippen molar-refractivity contribution >= 4 is 11.8 Å². The molecule has 2 atom stereocenters. The number of amides is 2. The average Bonchev–Trinajstić information content (AvgIpc) is 2.65. The molecule has 2 rings (SSSR count). The lowest BCUT2D eigenvalue weighted by Gasteiger charge is -2.30. The zero-order valence-corrected chi connectivity index (χ0v) is 17.1. The van der Waals surface area contributed by atoms with E-state index in [1.165, 1.54) is 0 Å². The van der Waals surface area contributed by atoms with E-state index in [2.05, 4.69) is 10.6 Å². The molecular formula is C22H30N4O2. The van der Waals surface area contributed by atoms with Crippen LogP contribution in [-0.2, 0) is 9.59 Å². The standard InChI is InChI=1S/C22H30N4O2/c1-25(2)15-19(27)23-21(17-11-7-5-8-12-17)22(18-13-9-6-10-14-18)24-20(28)16-26(3)4/h5-14,21-22H,15-16H2,1-4H3,(H,23,27)(H,24,28)/t21-,22-/m0/s1. The van der Waals surface area contributed by atoms with Crippen molar-refractivity contribution in [1.29, 1.82) is 0 Å². The predicted octanol–water partition coefficient (Wildman–Crippen LogP) is 1.82. The van der Waals surface area contributed by atoms with Crippen molar-refractivity contribution < 1.29 is 9.59 Å². The molecule has 0 aliphatic rings. The quantitative estimate of drug-likeness (QED) is 0.694. The smallest absolute Gasteiger partial charge is 0.234 e. The van der Waals surface area contributed by atoms with Gasteiger partial charge in [0.15, 0.2) is 0 Å². The third-order valence-corrected chi connectivity index (χ3v) is 4.20. The molecule has 150 valence electrons. The van der Waals surface area contributed by atoms with Gasteiger partial charge in [-0.3, -0.25) is 9.59 Å². The molecule has 28 heavy (non-hydrogen) atoms. The Labute approximate surface area is 167 Å². The summed E-state index contributed by atoms with van der Waals surface area (Å²) >= 11 is 0. The lowest BCUT2D eigenvalue weighted by Crippen LogP contribution is -2.45. The fraction of sp³-hybridized carbons (Fsp3) is 0.364. The summed E-state index contributed by atoms with van der Waals surface area (Å²) in [5.41, 5.74) is 1.88. The second-order valence-electron chi connectivity index (χ2n) is 7.39. The summed E-state index contributed by atoms with van der Waals surface area (Å²) in [7, 11) is 7.41. The van der Waals surface area contributed by atoms with E-state index in [4.69, 9.17) is 0 Å². The number of hydrogen-bond acceptors (Lipinski definition) is 4. The molecule has 6 heteroatoms. The third kappa shape index (κ3) is 6.79. The summed E-state index contributed by atoms with van der Waals surface area (Å²) in [6, 6.07) is 18.7. The van der Waals surface area contributed by atoms with Gasteiger partial charge < -0.3 is 20.4 Å². The molecule has 0 saturated carbocycles. The number of carbonyl (C=O) groups is 2. The number of carbonyl (C=O) groups excluding carboxylic acids is 2. The van der Waals surface area contributed by atoms with Crippen molar-refractivity contribution in [2.75, 3.05) is 41.3 Å². The van der Waals surface area contributed by atoms with Crippen LogP contribution in [0.25, 0.3) is 0 Å². The molecule has 0 aliphatic heterocycles. The first kappa shape index (κ1) is 21.6. The molecule has 6 nitrogen and oxygen atoms in total. The van der Waals surface area contributed by atoms with Crippen LogP contribution < -0.4 is 10.6 Å². The molecule has 0 unspecified atom stereocenters. The number of nitrogens with zero attached hydrogens (tertiary/aromatic N) is 2. The fourth-order valence-electron chi connectivity index (χ4n) is 3.05. The Kier molecular flexibility index (Phi) is 8.17. The van der Waals surface area contributed by atoms with Crippen LogP contribution >= 0.6 is 0 Å². The van der Waals surface area contributed by atoms with E-state index in [9.17, 15) is 9.59 Å². The highest BCUT2D eigenvalue weighted by atomic mass is 16.2. The highest BCUT2D eigenvalue weighted by molar-refractivity contribution is 5.80. The molecule has 0 spiro atoms. The minimum Gasteiger partial charge on any atom is -0.346 e. The van der Waals surface area contributed by atoms with E-state index in [-0.39, 0.29) is 37.0 Å². The number of hydrogen-bond donors (Lipinski definition) is 2. The molecule has 0 aromatic heterocycles. The van der Waals surface area contributed by atoms with E-state index in [0.29, 0.717) is 0 Å². The van der Waals surface area contributed by atoms with Crippen LogP contribution in [0.5, 0.6) is 0 Å². The van der Waals surface area contributed by atoms with Gasteiger partial charge in [0.2, 0.25) is 11.8 Å². The molecule has 0 saturated heterocycles. The SMILES string of the molecule is CN(C)CC(=O)N[C@@H](c1ccccc1)[C@@H](NC(=O)CN(C)C)c1ccccc1. The molecule has 2 amide bonds. The lowest BCUT2D eigenvalue weighted by atomic mass is 9.93. The monoisotopic (exact) mass is 382 g/mol. The summed E-state index contributed by atoms with van der Waals surface area (Å²) in [5, 5.41) is 6.23. The zero-order valence-electron chi connectivity index (χ0n) is 17.1. The second-order valence-corrected chi connectivity index (χ2v) is 7.39. The van der Waals surface area contributed by atoms with Crippen molar-refractivity contribution in [2.24, 2.45) is 0 Å². The maximum absolute atomic E-state index is 12.6. The maximum Gasteiger partial charge on any atom is 0.234 e. The van der Waals surface area contributed by atoms with Crippen molar-refractivity contribution in [1.82, 2.24) is 20.4 Å². The summed E-state index contributed by atoms with van der Waals surface area (Å²) in [4.78, 5) is 28.8. The number of nitrogens with one attached hydrogen (secondary N) is 2. The number of benzene rings is 2. The largest absolute Gasteiger partial charge is 0.346 e. The molecule has 0 aliphatic carbocycles. The second kappa shape index (κ2) is 10.6. The van der Waals surface area contributed by atoms with Crippen LogP contribution in [0.2, 0.25) is 0 Å². The Balaban J connectivity index is 2.39. The van der Waals surface area contributed by atoms with Crippen molar-refractivity contribution in [3.63, 3.8) is 0 Å². The summed E-state index contributed by atoms with van der Waals surface area (Å²) in [6.07, 6.45) is 0. The molecule has 0 heterocycles. The van der Waals surface area contributed by atoms with Gasteiger partial charge in [0.25, 0.3) is 0 Å². The van der Waals surface area contributed by atoms with E-state index in [0.717, 1.165) is 11.1 Å². The Hall–Kier alpha value is -2.70. The first-order valence-corrected chi connectivity index (χ1v) is 9.35. The summed E-state index contributed by atoms with van der Waals surface area (Å²) in [5.74, 6) is -0.191. The molecule has 2 aromatic rings. The van der Waals surface area contributed by atoms with Gasteiger partial charge in [0.05, 0.1) is 25.2 Å². The van der Waals surface area contributed by atoms with Crippen LogP contribution in [0.3, 0.4) is 0 Å². The van der Waals surface area contributed by atoms with Crippen LogP contribution in [0.15, 0.2) is 60.7 Å². The van der Waals surface area contributed by atoms with Gasteiger partial charge in [0.1, 0.15) is 0 Å². The fourth-order valence-corrected chi connectivity index (χ4v) is 3.05. The van der Waals surface area contributed by atoms with Crippen molar-refractivity contribution in [3.05, 3.63) is 71.8 Å². The minimum atomic E-state index is -0.387. The van der Waals surface area contributed by atoms with Crippen LogP contribution in [0.1, 0.15) is 23.2 Å². The first-order valence-electron chi connectivity index (χ1n) is 9.35. The van der Waals surface area contributed by atoms with E-state index in [1.54, 1.807) is 0 Å². The molecule has 0 fully saturated rings. The first-order chi connectivity index (χ1) is 13.4. The zero-order chi connectivity index (χ0) is 20.5. The lowest BCUT2D eigenvalue weighted by molar-refractivity contribution is -0.125. The Morgan fingerprint density at radius 2 is 1.00 bits per heavy atom. The van der Waals surface area contributed by atoms with Crippen LogP contribution in [-0.4, -0.2) is 62.9 Å². The highest BCUT2D eigenvalue weighted by Gasteiger charge is 2.28. The molecule has 2 aromatic carbocycles. The Morgan fingerprint density at radius 3 is 1.29 bits per heavy atom. The molecule has 0 radical (unpaired) electrons. The van der Waals surface area contributed by atoms with Gasteiger partial charge in [0, 0.05) is 0 Å². The highest BCUT2D eigenvalue weighted by Crippen LogP contribution is 2.29. The topological polar surface area (TPSA) is 64.7 Å². The third-order valence-electron chi connectivity index (χ3n) is 4.20. The van der Waals surface area contributed by atoms with Crippen molar-refractivity contribution in [2.45, 2.75) is 12.1 Å². The number of rotatable bonds is 9. The predicted molar refractivity (Wildman–Crippen MR) is 112 cm³/mol. The van der Waals surface area contributed by atoms with E-state index < -0.39 is 0 Å². The molecular weight excluding hydrogens is 352 g/mol. The number of likely N-dealkylation sites (N-methyl/N-ethyl adjacent to an activating group) is 2. The van der Waals surface area contributed by atoms with Gasteiger partial charge in [-0.2, -0.15) is 0 Å². The van der Waals surface area contributed by atoms with Gasteiger partial charge in [-0.1, -0.05) is 60.7 Å². The molecule has 0 bridgehead atoms. The Morgan fingerprint density at radius 1 is 0.679 bits per heavy atom. The maximum atomic E-state index is 12.6. The van der Waals surface area contributed by atoms with Gasteiger partial charge in [-0.25, -0.2) is 0 Å². The van der Waals surface area contributed by atoms with Crippen LogP contribution in [0, 0.1) is 0 Å². The van der Waals surface area contributed by atoms with Gasteiger partial charge in [-0.05, 0) is 39.3 Å². The van der Waals surface area contributed by atoms with E-state index in [1.807, 2.05) is 98.7 Å². The minimum absolute atomic E-state index is 0.0957. The summed E-state index contributed by atoms with van der Waals surface area (Å²) < 4.78 is 0. The van der Waals surface area contributed by atoms with E-state index >= 15 is 0 Å².